The highest BCUT2D eigenvalue weighted by atomic mass is 16.5. The topological polar surface area (TPSA) is 97.0 Å². The molecule has 4 aliphatic heterocycles. The number of likely N-dealkylation sites (tertiary alicyclic amines) is 1. The number of rotatable bonds is 7. The molecule has 2 N–H and O–H groups in total. The lowest BCUT2D eigenvalue weighted by atomic mass is 9.74. The molecule has 4 fully saturated rings. The summed E-state index contributed by atoms with van der Waals surface area (Å²) in [7, 11) is 0. The van der Waals surface area contributed by atoms with Gasteiger partial charge in [0, 0.05) is 24.9 Å². The summed E-state index contributed by atoms with van der Waals surface area (Å²) in [6.45, 7) is 5.26. The van der Waals surface area contributed by atoms with Crippen molar-refractivity contribution in [2.24, 2.45) is 11.8 Å². The third-order valence-corrected chi connectivity index (χ3v) is 9.15. The minimum atomic E-state index is -1.14. The van der Waals surface area contributed by atoms with E-state index in [-0.39, 0.29) is 29.9 Å². The van der Waals surface area contributed by atoms with E-state index < -0.39 is 29.6 Å². The molecule has 6 atom stereocenters. The van der Waals surface area contributed by atoms with Gasteiger partial charge in [0.2, 0.25) is 17.7 Å². The van der Waals surface area contributed by atoms with E-state index in [1.807, 2.05) is 36.4 Å². The molecule has 1 aliphatic carbocycles. The SMILES string of the molecule is CC(C)c1ccc(NC(=O)C2[C@H]3C=CC4(O3)C(C(=O)NC3CCCCC3)N(CC3CCCO3)C(=O)[C@@H]24)cc1. The van der Waals surface area contributed by atoms with E-state index in [0.29, 0.717) is 24.8 Å². The van der Waals surface area contributed by atoms with Gasteiger partial charge in [0.25, 0.3) is 0 Å². The quantitative estimate of drug-likeness (QED) is 0.535. The Bertz CT molecular complexity index is 1110. The van der Waals surface area contributed by atoms with Crippen LogP contribution in [-0.2, 0) is 23.9 Å². The first kappa shape index (κ1) is 25.6. The van der Waals surface area contributed by atoms with E-state index in [9.17, 15) is 14.4 Å². The summed E-state index contributed by atoms with van der Waals surface area (Å²) in [5.41, 5.74) is 0.743. The normalized spacial score (nSPS) is 34.2. The number of nitrogens with one attached hydrogen (secondary N) is 2. The van der Waals surface area contributed by atoms with Gasteiger partial charge in [-0.25, -0.2) is 0 Å². The molecule has 0 radical (unpaired) electrons. The van der Waals surface area contributed by atoms with Crippen LogP contribution in [0, 0.1) is 11.8 Å². The second-order valence-electron chi connectivity index (χ2n) is 11.9. The number of amides is 3. The Morgan fingerprint density at radius 3 is 2.50 bits per heavy atom. The van der Waals surface area contributed by atoms with Crippen LogP contribution in [0.5, 0.6) is 0 Å². The first-order valence-electron chi connectivity index (χ1n) is 14.4. The molecule has 3 saturated heterocycles. The molecule has 3 amide bonds. The Morgan fingerprint density at radius 1 is 1.05 bits per heavy atom. The maximum Gasteiger partial charge on any atom is 0.246 e. The number of ether oxygens (including phenoxy) is 2. The van der Waals surface area contributed by atoms with Crippen molar-refractivity contribution in [1.82, 2.24) is 10.2 Å². The fourth-order valence-electron chi connectivity index (χ4n) is 7.18. The Morgan fingerprint density at radius 2 is 1.82 bits per heavy atom. The van der Waals surface area contributed by atoms with Gasteiger partial charge in [-0.2, -0.15) is 0 Å². The molecule has 4 heterocycles. The molecule has 4 unspecified atom stereocenters. The highest BCUT2D eigenvalue weighted by Crippen LogP contribution is 2.55. The molecule has 6 rings (SSSR count). The average molecular weight is 522 g/mol. The molecular formula is C30H39N3O5. The third kappa shape index (κ3) is 4.35. The second-order valence-corrected chi connectivity index (χ2v) is 11.9. The van der Waals surface area contributed by atoms with Crippen LogP contribution in [0.3, 0.4) is 0 Å². The van der Waals surface area contributed by atoms with Gasteiger partial charge in [-0.05, 0) is 49.3 Å². The number of carbonyl (C=O) groups is 3. The van der Waals surface area contributed by atoms with Crippen LogP contribution in [0.2, 0.25) is 0 Å². The molecule has 1 saturated carbocycles. The minimum Gasteiger partial charge on any atom is -0.376 e. The summed E-state index contributed by atoms with van der Waals surface area (Å²) < 4.78 is 12.3. The van der Waals surface area contributed by atoms with Crippen LogP contribution in [0.4, 0.5) is 5.69 Å². The Labute approximate surface area is 224 Å². The number of hydrogen-bond acceptors (Lipinski definition) is 5. The molecule has 0 aromatic heterocycles. The van der Waals surface area contributed by atoms with Crippen molar-refractivity contribution in [3.05, 3.63) is 42.0 Å². The molecular weight excluding hydrogens is 482 g/mol. The Kier molecular flexibility index (Phi) is 6.80. The van der Waals surface area contributed by atoms with Crippen molar-refractivity contribution in [2.45, 2.75) is 94.6 Å². The number of carbonyl (C=O) groups excluding carboxylic acids is 3. The van der Waals surface area contributed by atoms with Gasteiger partial charge in [-0.3, -0.25) is 14.4 Å². The van der Waals surface area contributed by atoms with E-state index in [1.165, 1.54) is 12.0 Å². The largest absolute Gasteiger partial charge is 0.376 e. The number of fused-ring (bicyclic) bond motifs is 1. The van der Waals surface area contributed by atoms with Crippen LogP contribution >= 0.6 is 0 Å². The lowest BCUT2D eigenvalue weighted by Crippen LogP contribution is -2.57. The van der Waals surface area contributed by atoms with Crippen molar-refractivity contribution >= 4 is 23.4 Å². The van der Waals surface area contributed by atoms with E-state index in [2.05, 4.69) is 24.5 Å². The van der Waals surface area contributed by atoms with E-state index >= 15 is 0 Å². The van der Waals surface area contributed by atoms with Crippen molar-refractivity contribution in [3.63, 3.8) is 0 Å². The van der Waals surface area contributed by atoms with Gasteiger partial charge < -0.3 is 25.0 Å². The first-order chi connectivity index (χ1) is 18.4. The fourth-order valence-corrected chi connectivity index (χ4v) is 7.18. The van der Waals surface area contributed by atoms with Gasteiger partial charge in [0.15, 0.2) is 0 Å². The van der Waals surface area contributed by atoms with Gasteiger partial charge in [-0.15, -0.1) is 0 Å². The Balaban J connectivity index is 1.27. The summed E-state index contributed by atoms with van der Waals surface area (Å²) in [4.78, 5) is 43.2. The molecule has 8 heteroatoms. The highest BCUT2D eigenvalue weighted by molar-refractivity contribution is 6.02. The van der Waals surface area contributed by atoms with E-state index in [4.69, 9.17) is 9.47 Å². The number of nitrogens with zero attached hydrogens (tertiary/aromatic N) is 1. The molecule has 1 aromatic carbocycles. The lowest BCUT2D eigenvalue weighted by Gasteiger charge is -2.34. The number of benzene rings is 1. The van der Waals surface area contributed by atoms with Crippen LogP contribution in [0.25, 0.3) is 0 Å². The van der Waals surface area contributed by atoms with Crippen molar-refractivity contribution in [3.8, 4) is 0 Å². The summed E-state index contributed by atoms with van der Waals surface area (Å²) in [6.07, 6.45) is 10.2. The monoisotopic (exact) mass is 521 g/mol. The van der Waals surface area contributed by atoms with Gasteiger partial charge in [-0.1, -0.05) is 57.4 Å². The van der Waals surface area contributed by atoms with Crippen LogP contribution < -0.4 is 10.6 Å². The molecule has 1 aromatic rings. The third-order valence-electron chi connectivity index (χ3n) is 9.15. The lowest BCUT2D eigenvalue weighted by molar-refractivity contribution is -0.143. The standard InChI is InChI=1S/C30H39N3O5/c1-18(2)19-10-12-21(13-11-19)31-27(34)24-23-14-15-30(38-23)25(24)29(36)33(17-22-9-6-16-37-22)26(30)28(35)32-20-7-4-3-5-8-20/h10-15,18,20,22-26H,3-9,16-17H2,1-2H3,(H,31,34)(H,32,35)/t22?,23-,24?,25-,26?,30?/m1/s1. The van der Waals surface area contributed by atoms with Crippen molar-refractivity contribution in [1.29, 1.82) is 0 Å². The van der Waals surface area contributed by atoms with Crippen LogP contribution in [-0.4, -0.2) is 65.7 Å². The van der Waals surface area contributed by atoms with Gasteiger partial charge in [0.1, 0.15) is 11.6 Å². The predicted octanol–water partition coefficient (Wildman–Crippen LogP) is 3.53. The van der Waals surface area contributed by atoms with Crippen molar-refractivity contribution in [2.75, 3.05) is 18.5 Å². The Hall–Kier alpha value is -2.71. The zero-order valence-corrected chi connectivity index (χ0v) is 22.4. The minimum absolute atomic E-state index is 0.105. The highest BCUT2D eigenvalue weighted by Gasteiger charge is 2.73. The summed E-state index contributed by atoms with van der Waals surface area (Å²) >= 11 is 0. The summed E-state index contributed by atoms with van der Waals surface area (Å²) in [5, 5.41) is 6.25. The summed E-state index contributed by atoms with van der Waals surface area (Å²) in [6, 6.07) is 7.11. The van der Waals surface area contributed by atoms with E-state index in [0.717, 1.165) is 38.5 Å². The molecule has 1 spiro atoms. The second kappa shape index (κ2) is 10.1. The predicted molar refractivity (Wildman–Crippen MR) is 142 cm³/mol. The molecule has 5 aliphatic rings. The first-order valence-corrected chi connectivity index (χ1v) is 14.4. The maximum absolute atomic E-state index is 14.0. The zero-order chi connectivity index (χ0) is 26.4. The summed E-state index contributed by atoms with van der Waals surface area (Å²) in [5.74, 6) is -1.66. The van der Waals surface area contributed by atoms with Crippen LogP contribution in [0.15, 0.2) is 36.4 Å². The van der Waals surface area contributed by atoms with Crippen molar-refractivity contribution < 1.29 is 23.9 Å². The molecule has 204 valence electrons. The number of hydrogen-bond donors (Lipinski definition) is 2. The number of anilines is 1. The zero-order valence-electron chi connectivity index (χ0n) is 22.4. The van der Waals surface area contributed by atoms with Crippen LogP contribution in [0.1, 0.15) is 70.3 Å². The average Bonchev–Trinajstić information content (AvgIpc) is 3.68. The molecule has 8 nitrogen and oxygen atoms in total. The van der Waals surface area contributed by atoms with Gasteiger partial charge in [0.05, 0.1) is 24.0 Å². The fraction of sp³-hybridized carbons (Fsp3) is 0.633. The van der Waals surface area contributed by atoms with E-state index in [1.54, 1.807) is 4.90 Å². The van der Waals surface area contributed by atoms with Gasteiger partial charge >= 0.3 is 0 Å². The smallest absolute Gasteiger partial charge is 0.246 e. The molecule has 38 heavy (non-hydrogen) atoms. The molecule has 2 bridgehead atoms. The maximum atomic E-state index is 14.0.